The summed E-state index contributed by atoms with van der Waals surface area (Å²) in [5.74, 6) is -2.40. The summed E-state index contributed by atoms with van der Waals surface area (Å²) in [6, 6.07) is 2.41. The average molecular weight is 308 g/mol. The number of ether oxygens (including phenoxy) is 1. The number of amides is 1. The molecular formula is C14H16N2O6. The van der Waals surface area contributed by atoms with Crippen LogP contribution in [0.2, 0.25) is 0 Å². The van der Waals surface area contributed by atoms with Crippen LogP contribution in [0.15, 0.2) is 18.2 Å². The van der Waals surface area contributed by atoms with Crippen molar-refractivity contribution >= 4 is 23.5 Å². The Hall–Kier alpha value is -2.61. The Morgan fingerprint density at radius 1 is 1.41 bits per heavy atom. The second-order valence-electron chi connectivity index (χ2n) is 5.00. The summed E-state index contributed by atoms with van der Waals surface area (Å²) < 4.78 is 5.01. The van der Waals surface area contributed by atoms with Gasteiger partial charge in [0.05, 0.1) is 6.04 Å². The zero-order chi connectivity index (χ0) is 16.4. The molecule has 0 bridgehead atoms. The van der Waals surface area contributed by atoms with Gasteiger partial charge in [-0.3, -0.25) is 19.7 Å². The van der Waals surface area contributed by atoms with E-state index in [9.17, 15) is 19.5 Å². The second-order valence-corrected chi connectivity index (χ2v) is 5.00. The van der Waals surface area contributed by atoms with Gasteiger partial charge >= 0.3 is 11.9 Å². The van der Waals surface area contributed by atoms with Gasteiger partial charge in [-0.15, -0.1) is 0 Å². The number of carbonyl (C=O) groups excluding carboxylic acids is 2. The van der Waals surface area contributed by atoms with Crippen molar-refractivity contribution in [2.24, 2.45) is 0 Å². The number of carbonyl (C=O) groups is 3. The maximum Gasteiger partial charge on any atom is 0.320 e. The maximum absolute atomic E-state index is 12.1. The highest BCUT2D eigenvalue weighted by Gasteiger charge is 2.39. The molecule has 0 saturated carbocycles. The van der Waals surface area contributed by atoms with Crippen molar-refractivity contribution in [3.63, 3.8) is 0 Å². The van der Waals surface area contributed by atoms with E-state index in [-0.39, 0.29) is 5.75 Å². The number of nitrogens with one attached hydrogen (secondary N) is 2. The molecule has 4 N–H and O–H groups in total. The van der Waals surface area contributed by atoms with Crippen molar-refractivity contribution in [2.45, 2.75) is 32.0 Å². The lowest BCUT2D eigenvalue weighted by Gasteiger charge is -2.34. The normalized spacial score (nSPS) is 21.5. The van der Waals surface area contributed by atoms with Crippen LogP contribution >= 0.6 is 0 Å². The maximum atomic E-state index is 12.1. The van der Waals surface area contributed by atoms with Crippen molar-refractivity contribution in [1.82, 2.24) is 5.32 Å². The first-order valence-electron chi connectivity index (χ1n) is 6.59. The molecule has 0 radical (unpaired) electrons. The first kappa shape index (κ1) is 15.8. The molecule has 0 saturated heterocycles. The van der Waals surface area contributed by atoms with Crippen LogP contribution in [0.3, 0.4) is 0 Å². The van der Waals surface area contributed by atoms with Gasteiger partial charge in [0, 0.05) is 18.2 Å². The minimum absolute atomic E-state index is 0.0498. The Bertz CT molecular complexity index is 630. The van der Waals surface area contributed by atoms with E-state index < -0.39 is 36.0 Å². The molecule has 1 aliphatic rings. The predicted molar refractivity (Wildman–Crippen MR) is 75.3 cm³/mol. The number of hydrogen-bond donors (Lipinski definition) is 4. The van der Waals surface area contributed by atoms with Crippen molar-refractivity contribution < 1.29 is 29.3 Å². The van der Waals surface area contributed by atoms with Crippen molar-refractivity contribution in [1.29, 1.82) is 0 Å². The SMILES string of the molecule is CC(=O)OC1C(=O)Nc2ccc(O)cc2C1NC(C)C(=O)O. The van der Waals surface area contributed by atoms with Gasteiger partial charge in [0.2, 0.25) is 0 Å². The fourth-order valence-electron chi connectivity index (χ4n) is 2.26. The smallest absolute Gasteiger partial charge is 0.320 e. The molecule has 1 amide bonds. The topological polar surface area (TPSA) is 125 Å². The Labute approximate surface area is 126 Å². The number of rotatable bonds is 4. The van der Waals surface area contributed by atoms with E-state index in [1.54, 1.807) is 0 Å². The molecule has 22 heavy (non-hydrogen) atoms. The van der Waals surface area contributed by atoms with Gasteiger partial charge in [0.15, 0.2) is 6.10 Å². The minimum Gasteiger partial charge on any atom is -0.508 e. The summed E-state index contributed by atoms with van der Waals surface area (Å²) in [5.41, 5.74) is 0.861. The van der Waals surface area contributed by atoms with Crippen molar-refractivity contribution in [3.05, 3.63) is 23.8 Å². The first-order valence-corrected chi connectivity index (χ1v) is 6.59. The molecule has 1 aromatic rings. The molecule has 0 spiro atoms. The zero-order valence-electron chi connectivity index (χ0n) is 12.0. The Morgan fingerprint density at radius 2 is 2.09 bits per heavy atom. The number of aromatic hydroxyl groups is 1. The molecule has 118 valence electrons. The Morgan fingerprint density at radius 3 is 2.68 bits per heavy atom. The number of carboxylic acids is 1. The number of phenols is 1. The van der Waals surface area contributed by atoms with Crippen LogP contribution < -0.4 is 10.6 Å². The number of aliphatic carboxylic acids is 1. The number of benzene rings is 1. The van der Waals surface area contributed by atoms with Gasteiger partial charge in [-0.1, -0.05) is 0 Å². The van der Waals surface area contributed by atoms with Crippen LogP contribution in [0.5, 0.6) is 5.75 Å². The minimum atomic E-state index is -1.23. The van der Waals surface area contributed by atoms with Gasteiger partial charge in [-0.05, 0) is 25.1 Å². The average Bonchev–Trinajstić information content (AvgIpc) is 2.42. The van der Waals surface area contributed by atoms with Crippen LogP contribution in [0.4, 0.5) is 5.69 Å². The number of hydrogen-bond acceptors (Lipinski definition) is 6. The number of phenolic OH excluding ortho intramolecular Hbond substituents is 1. The van der Waals surface area contributed by atoms with Crippen LogP contribution in [0.1, 0.15) is 25.5 Å². The Kier molecular flexibility index (Phi) is 4.32. The first-order chi connectivity index (χ1) is 10.3. The summed E-state index contributed by atoms with van der Waals surface area (Å²) in [6.45, 7) is 2.56. The van der Waals surface area contributed by atoms with E-state index >= 15 is 0 Å². The van der Waals surface area contributed by atoms with Crippen molar-refractivity contribution in [3.8, 4) is 5.75 Å². The molecule has 1 aromatic carbocycles. The quantitative estimate of drug-likeness (QED) is 0.468. The summed E-state index contributed by atoms with van der Waals surface area (Å²) in [5, 5.41) is 23.9. The van der Waals surface area contributed by atoms with E-state index in [0.717, 1.165) is 6.92 Å². The summed E-state index contributed by atoms with van der Waals surface area (Å²) in [6.07, 6.45) is -1.23. The molecule has 0 aromatic heterocycles. The van der Waals surface area contributed by atoms with Crippen LogP contribution in [-0.4, -0.2) is 40.2 Å². The molecular weight excluding hydrogens is 292 g/mol. The van der Waals surface area contributed by atoms with E-state index in [4.69, 9.17) is 9.84 Å². The third kappa shape index (κ3) is 3.17. The molecule has 3 unspecified atom stereocenters. The monoisotopic (exact) mass is 308 g/mol. The van der Waals surface area contributed by atoms with Crippen LogP contribution in [0.25, 0.3) is 0 Å². The largest absolute Gasteiger partial charge is 0.508 e. The lowest BCUT2D eigenvalue weighted by molar-refractivity contribution is -0.154. The van der Waals surface area contributed by atoms with E-state index in [0.29, 0.717) is 11.3 Å². The van der Waals surface area contributed by atoms with Gasteiger partial charge in [0.25, 0.3) is 5.91 Å². The molecule has 1 aliphatic heterocycles. The third-order valence-corrected chi connectivity index (χ3v) is 3.28. The number of esters is 1. The lowest BCUT2D eigenvalue weighted by Crippen LogP contribution is -2.50. The lowest BCUT2D eigenvalue weighted by atomic mass is 9.93. The fourth-order valence-corrected chi connectivity index (χ4v) is 2.26. The molecule has 1 heterocycles. The Balaban J connectivity index is 2.43. The highest BCUT2D eigenvalue weighted by Crippen LogP contribution is 2.34. The number of anilines is 1. The fraction of sp³-hybridized carbons (Fsp3) is 0.357. The predicted octanol–water partition coefficient (Wildman–Crippen LogP) is 0.380. The van der Waals surface area contributed by atoms with E-state index in [2.05, 4.69) is 10.6 Å². The summed E-state index contributed by atoms with van der Waals surface area (Å²) in [7, 11) is 0. The summed E-state index contributed by atoms with van der Waals surface area (Å²) in [4.78, 5) is 34.3. The molecule has 0 aliphatic carbocycles. The molecule has 3 atom stereocenters. The second kappa shape index (κ2) is 6.02. The van der Waals surface area contributed by atoms with Crippen LogP contribution in [-0.2, 0) is 19.1 Å². The third-order valence-electron chi connectivity index (χ3n) is 3.28. The zero-order valence-corrected chi connectivity index (χ0v) is 12.0. The van der Waals surface area contributed by atoms with Gasteiger partial charge < -0.3 is 20.3 Å². The van der Waals surface area contributed by atoms with Crippen LogP contribution in [0, 0.1) is 0 Å². The van der Waals surface area contributed by atoms with E-state index in [1.165, 1.54) is 25.1 Å². The van der Waals surface area contributed by atoms with Gasteiger partial charge in [-0.25, -0.2) is 0 Å². The standard InChI is InChI=1S/C14H16N2O6/c1-6(14(20)21)15-11-9-5-8(18)3-4-10(9)16-13(19)12(11)22-7(2)17/h3-6,11-12,15,18H,1-2H3,(H,16,19)(H,20,21). The van der Waals surface area contributed by atoms with Crippen molar-refractivity contribution in [2.75, 3.05) is 5.32 Å². The summed E-state index contributed by atoms with van der Waals surface area (Å²) >= 11 is 0. The highest BCUT2D eigenvalue weighted by atomic mass is 16.5. The van der Waals surface area contributed by atoms with Gasteiger partial charge in [-0.2, -0.15) is 0 Å². The number of fused-ring (bicyclic) bond motifs is 1. The molecule has 8 nitrogen and oxygen atoms in total. The molecule has 2 rings (SSSR count). The molecule has 0 fully saturated rings. The highest BCUT2D eigenvalue weighted by molar-refractivity contribution is 5.99. The van der Waals surface area contributed by atoms with E-state index in [1.807, 2.05) is 0 Å². The molecule has 8 heteroatoms. The van der Waals surface area contributed by atoms with Gasteiger partial charge in [0.1, 0.15) is 11.8 Å². The number of carboxylic acid groups (broad SMARTS) is 1.